The summed E-state index contributed by atoms with van der Waals surface area (Å²) >= 11 is 0. The van der Waals surface area contributed by atoms with Gasteiger partial charge in [0.15, 0.2) is 0 Å². The first-order valence-electron chi connectivity index (χ1n) is 5.46. The summed E-state index contributed by atoms with van der Waals surface area (Å²) in [5.41, 5.74) is 1.88. The van der Waals surface area contributed by atoms with Crippen molar-refractivity contribution in [3.63, 3.8) is 0 Å². The summed E-state index contributed by atoms with van der Waals surface area (Å²) in [6.45, 7) is 6.22. The molecular weight excluding hydrogens is 196 g/mol. The Morgan fingerprint density at radius 1 is 1.06 bits per heavy atom. The van der Waals surface area contributed by atoms with Gasteiger partial charge in [0, 0.05) is 11.6 Å². The molecule has 2 aromatic rings. The predicted molar refractivity (Wildman–Crippen MR) is 69.1 cm³/mol. The second-order valence-electron chi connectivity index (χ2n) is 4.86. The lowest BCUT2D eigenvalue weighted by atomic mass is 10.1. The topological polar surface area (TPSA) is 25.2 Å². The predicted octanol–water partition coefficient (Wildman–Crippen LogP) is 3.45. The molecule has 2 nitrogen and oxygen atoms in total. The van der Waals surface area contributed by atoms with Crippen molar-refractivity contribution in [3.8, 4) is 0 Å². The van der Waals surface area contributed by atoms with Crippen molar-refractivity contribution in [1.29, 1.82) is 0 Å². The zero-order valence-corrected chi connectivity index (χ0v) is 9.94. The van der Waals surface area contributed by atoms with Crippen LogP contribution >= 0.6 is 0 Å². The summed E-state index contributed by atoms with van der Waals surface area (Å²) in [5, 5.41) is 1.16. The van der Waals surface area contributed by atoms with Crippen LogP contribution in [0.4, 0.5) is 0 Å². The van der Waals surface area contributed by atoms with Crippen LogP contribution in [-0.4, -0.2) is 16.7 Å². The van der Waals surface area contributed by atoms with Crippen LogP contribution in [-0.2, 0) is 0 Å². The number of benzene rings is 1. The van der Waals surface area contributed by atoms with Crippen molar-refractivity contribution < 1.29 is 0 Å². The van der Waals surface area contributed by atoms with E-state index in [1.807, 2.05) is 30.5 Å². The number of aromatic nitrogens is 1. The molecule has 0 aliphatic heterocycles. The molecule has 0 aliphatic carbocycles. The highest BCUT2D eigenvalue weighted by atomic mass is 14.8. The largest absolute Gasteiger partial charge is 0.285 e. The molecule has 2 heteroatoms. The molecule has 0 unspecified atom stereocenters. The molecule has 0 radical (unpaired) electrons. The maximum absolute atomic E-state index is 4.53. The summed E-state index contributed by atoms with van der Waals surface area (Å²) in [4.78, 5) is 8.98. The molecule has 0 saturated carbocycles. The highest BCUT2D eigenvalue weighted by Gasteiger charge is 2.05. The normalized spacial score (nSPS) is 12.4. The maximum atomic E-state index is 4.53. The highest BCUT2D eigenvalue weighted by Crippen LogP contribution is 2.12. The molecule has 1 aromatic carbocycles. The number of para-hydroxylation sites is 1. The average molecular weight is 212 g/mol. The van der Waals surface area contributed by atoms with Gasteiger partial charge in [0.1, 0.15) is 0 Å². The Bertz CT molecular complexity index is 521. The Labute approximate surface area is 96.1 Å². The van der Waals surface area contributed by atoms with Crippen molar-refractivity contribution in [2.24, 2.45) is 4.99 Å². The molecule has 0 bridgehead atoms. The van der Waals surface area contributed by atoms with Gasteiger partial charge < -0.3 is 0 Å². The molecule has 0 saturated heterocycles. The van der Waals surface area contributed by atoms with E-state index in [4.69, 9.17) is 0 Å². The molecule has 2 rings (SSSR count). The van der Waals surface area contributed by atoms with Gasteiger partial charge in [-0.05, 0) is 32.9 Å². The van der Waals surface area contributed by atoms with Crippen molar-refractivity contribution in [1.82, 2.24) is 4.98 Å². The third-order valence-corrected chi connectivity index (χ3v) is 2.20. The first kappa shape index (κ1) is 10.8. The Morgan fingerprint density at radius 2 is 1.81 bits per heavy atom. The van der Waals surface area contributed by atoms with Crippen LogP contribution in [0.1, 0.15) is 26.5 Å². The monoisotopic (exact) mass is 212 g/mol. The fraction of sp³-hybridized carbons (Fsp3) is 0.286. The lowest BCUT2D eigenvalue weighted by Gasteiger charge is -2.10. The van der Waals surface area contributed by atoms with Gasteiger partial charge in [0.2, 0.25) is 0 Å². The molecule has 0 aliphatic rings. The minimum atomic E-state index is -0.0483. The van der Waals surface area contributed by atoms with Crippen LogP contribution in [0.15, 0.2) is 41.4 Å². The van der Waals surface area contributed by atoms with E-state index in [1.54, 1.807) is 0 Å². The lowest BCUT2D eigenvalue weighted by Crippen LogP contribution is -2.09. The van der Waals surface area contributed by atoms with Gasteiger partial charge in [-0.25, -0.2) is 4.98 Å². The zero-order valence-electron chi connectivity index (χ0n) is 9.94. The van der Waals surface area contributed by atoms with Crippen LogP contribution in [0.3, 0.4) is 0 Å². The van der Waals surface area contributed by atoms with Crippen LogP contribution < -0.4 is 0 Å². The van der Waals surface area contributed by atoms with E-state index in [0.29, 0.717) is 0 Å². The number of fused-ring (bicyclic) bond motifs is 1. The van der Waals surface area contributed by atoms with E-state index < -0.39 is 0 Å². The third-order valence-electron chi connectivity index (χ3n) is 2.20. The van der Waals surface area contributed by atoms with Gasteiger partial charge in [-0.1, -0.05) is 24.3 Å². The average Bonchev–Trinajstić information content (AvgIpc) is 2.25. The van der Waals surface area contributed by atoms with Crippen LogP contribution in [0, 0.1) is 0 Å². The summed E-state index contributed by atoms with van der Waals surface area (Å²) in [6, 6.07) is 12.2. The van der Waals surface area contributed by atoms with Crippen molar-refractivity contribution in [2.75, 3.05) is 0 Å². The first-order valence-corrected chi connectivity index (χ1v) is 5.46. The molecule has 0 amide bonds. The molecule has 0 atom stereocenters. The summed E-state index contributed by atoms with van der Waals surface area (Å²) in [6.07, 6.45) is 1.84. The van der Waals surface area contributed by atoms with Crippen molar-refractivity contribution in [3.05, 3.63) is 42.1 Å². The maximum Gasteiger partial charge on any atom is 0.0815 e. The molecule has 0 fully saturated rings. The Hall–Kier alpha value is -1.70. The smallest absolute Gasteiger partial charge is 0.0815 e. The van der Waals surface area contributed by atoms with E-state index in [0.717, 1.165) is 16.6 Å². The summed E-state index contributed by atoms with van der Waals surface area (Å²) < 4.78 is 0. The van der Waals surface area contributed by atoms with Crippen LogP contribution in [0.5, 0.6) is 0 Å². The van der Waals surface area contributed by atoms with E-state index in [9.17, 15) is 0 Å². The summed E-state index contributed by atoms with van der Waals surface area (Å²) in [7, 11) is 0. The zero-order chi connectivity index (χ0) is 11.6. The standard InChI is InChI=1S/C14H16N2/c1-14(2,3)15-10-12-9-8-11-6-4-5-7-13(11)16-12/h4-10H,1-3H3. The number of nitrogens with zero attached hydrogens (tertiary/aromatic N) is 2. The van der Waals surface area contributed by atoms with Crippen molar-refractivity contribution in [2.45, 2.75) is 26.3 Å². The van der Waals surface area contributed by atoms with Gasteiger partial charge in [-0.2, -0.15) is 0 Å². The molecule has 0 spiro atoms. The van der Waals surface area contributed by atoms with E-state index >= 15 is 0 Å². The van der Waals surface area contributed by atoms with E-state index in [1.165, 1.54) is 0 Å². The first-order chi connectivity index (χ1) is 7.54. The molecule has 82 valence electrons. The van der Waals surface area contributed by atoms with Gasteiger partial charge in [-0.15, -0.1) is 0 Å². The van der Waals surface area contributed by atoms with Crippen LogP contribution in [0.2, 0.25) is 0 Å². The molecule has 16 heavy (non-hydrogen) atoms. The number of rotatable bonds is 1. The minimum Gasteiger partial charge on any atom is -0.285 e. The molecular formula is C14H16N2. The van der Waals surface area contributed by atoms with E-state index in [2.05, 4.69) is 42.9 Å². The molecule has 1 heterocycles. The van der Waals surface area contributed by atoms with E-state index in [-0.39, 0.29) is 5.54 Å². The van der Waals surface area contributed by atoms with Gasteiger partial charge in [0.25, 0.3) is 0 Å². The summed E-state index contributed by atoms with van der Waals surface area (Å²) in [5.74, 6) is 0. The van der Waals surface area contributed by atoms with Crippen LogP contribution in [0.25, 0.3) is 10.9 Å². The second-order valence-corrected chi connectivity index (χ2v) is 4.86. The quantitative estimate of drug-likeness (QED) is 0.665. The van der Waals surface area contributed by atoms with Gasteiger partial charge in [0.05, 0.1) is 16.7 Å². The fourth-order valence-electron chi connectivity index (χ4n) is 1.41. The Balaban J connectivity index is 2.37. The highest BCUT2D eigenvalue weighted by molar-refractivity contribution is 5.85. The number of hydrogen-bond donors (Lipinski definition) is 0. The van der Waals surface area contributed by atoms with Crippen molar-refractivity contribution >= 4 is 17.1 Å². The molecule has 1 aromatic heterocycles. The second kappa shape index (κ2) is 4.05. The number of pyridine rings is 1. The number of hydrogen-bond acceptors (Lipinski definition) is 2. The molecule has 0 N–H and O–H groups in total. The van der Waals surface area contributed by atoms with Gasteiger partial charge in [-0.3, -0.25) is 4.99 Å². The minimum absolute atomic E-state index is 0.0483. The third kappa shape index (κ3) is 2.66. The Kier molecular flexibility index (Phi) is 2.73. The fourth-order valence-corrected chi connectivity index (χ4v) is 1.41. The Morgan fingerprint density at radius 3 is 2.56 bits per heavy atom. The SMILES string of the molecule is CC(C)(C)N=Cc1ccc2ccccc2n1. The lowest BCUT2D eigenvalue weighted by molar-refractivity contribution is 0.586. The van der Waals surface area contributed by atoms with Gasteiger partial charge >= 0.3 is 0 Å². The number of aliphatic imine (C=N–C) groups is 1.